The zero-order valence-electron chi connectivity index (χ0n) is 13.9. The van der Waals surface area contributed by atoms with Gasteiger partial charge in [-0.3, -0.25) is 0 Å². The van der Waals surface area contributed by atoms with Crippen molar-refractivity contribution in [3.63, 3.8) is 0 Å². The zero-order valence-corrected chi connectivity index (χ0v) is 13.9. The number of methoxy groups -OCH3 is 1. The summed E-state index contributed by atoms with van der Waals surface area (Å²) in [6.07, 6.45) is 1.06. The van der Waals surface area contributed by atoms with Crippen LogP contribution in [-0.4, -0.2) is 31.3 Å². The summed E-state index contributed by atoms with van der Waals surface area (Å²) >= 11 is 0. The van der Waals surface area contributed by atoms with Crippen molar-refractivity contribution in [3.8, 4) is 5.75 Å². The van der Waals surface area contributed by atoms with Gasteiger partial charge in [-0.25, -0.2) is 4.79 Å². The van der Waals surface area contributed by atoms with Crippen LogP contribution < -0.4 is 15.4 Å². The normalized spacial score (nSPS) is 11.6. The molecule has 2 amide bonds. The topological polar surface area (TPSA) is 70.6 Å². The van der Waals surface area contributed by atoms with E-state index in [0.717, 1.165) is 24.2 Å². The van der Waals surface area contributed by atoms with E-state index in [1.165, 1.54) is 5.56 Å². The molecular weight excluding hydrogens is 304 g/mol. The van der Waals surface area contributed by atoms with Gasteiger partial charge in [-0.05, 0) is 36.1 Å². The third-order valence-electron chi connectivity index (χ3n) is 3.73. The number of nitrogens with one attached hydrogen (secondary N) is 2. The lowest BCUT2D eigenvalue weighted by Crippen LogP contribution is -2.38. The van der Waals surface area contributed by atoms with E-state index in [0.29, 0.717) is 6.54 Å². The van der Waals surface area contributed by atoms with Crippen LogP contribution in [0.4, 0.5) is 4.79 Å². The molecule has 0 fully saturated rings. The van der Waals surface area contributed by atoms with Gasteiger partial charge in [-0.1, -0.05) is 42.5 Å². The third-order valence-corrected chi connectivity index (χ3v) is 3.73. The minimum absolute atomic E-state index is 0.164. The van der Waals surface area contributed by atoms with Crippen molar-refractivity contribution in [1.82, 2.24) is 10.6 Å². The number of aryl methyl sites for hydroxylation is 1. The highest BCUT2D eigenvalue weighted by molar-refractivity contribution is 5.73. The van der Waals surface area contributed by atoms with E-state index in [4.69, 9.17) is 4.74 Å². The second-order valence-corrected chi connectivity index (χ2v) is 5.51. The molecule has 2 aromatic carbocycles. The van der Waals surface area contributed by atoms with Crippen LogP contribution in [0.1, 0.15) is 23.7 Å². The van der Waals surface area contributed by atoms with E-state index < -0.39 is 6.10 Å². The molecule has 128 valence electrons. The Morgan fingerprint density at radius 3 is 2.46 bits per heavy atom. The average Bonchev–Trinajstić information content (AvgIpc) is 2.64. The van der Waals surface area contributed by atoms with Crippen LogP contribution in [0.3, 0.4) is 0 Å². The average molecular weight is 328 g/mol. The second-order valence-electron chi connectivity index (χ2n) is 5.51. The summed E-state index contributed by atoms with van der Waals surface area (Å²) in [7, 11) is 1.59. The lowest BCUT2D eigenvalue weighted by atomic mass is 10.1. The molecule has 3 N–H and O–H groups in total. The quantitative estimate of drug-likeness (QED) is 0.653. The van der Waals surface area contributed by atoms with Crippen LogP contribution >= 0.6 is 0 Å². The zero-order chi connectivity index (χ0) is 17.2. The lowest BCUT2D eigenvalue weighted by molar-refractivity contribution is 0.173. The Kier molecular flexibility index (Phi) is 7.11. The summed E-state index contributed by atoms with van der Waals surface area (Å²) in [6.45, 7) is 0.760. The van der Waals surface area contributed by atoms with Crippen molar-refractivity contribution >= 4 is 6.03 Å². The van der Waals surface area contributed by atoms with E-state index in [1.807, 2.05) is 18.2 Å². The Morgan fingerprint density at radius 1 is 1.08 bits per heavy atom. The maximum absolute atomic E-state index is 11.7. The molecule has 0 saturated carbocycles. The third kappa shape index (κ3) is 5.93. The fraction of sp³-hybridized carbons (Fsp3) is 0.316. The predicted molar refractivity (Wildman–Crippen MR) is 94.1 cm³/mol. The van der Waals surface area contributed by atoms with Gasteiger partial charge in [-0.15, -0.1) is 0 Å². The summed E-state index contributed by atoms with van der Waals surface area (Å²) in [6, 6.07) is 17.0. The van der Waals surface area contributed by atoms with E-state index >= 15 is 0 Å². The second kappa shape index (κ2) is 9.57. The molecule has 0 aromatic heterocycles. The number of urea groups is 1. The summed E-state index contributed by atoms with van der Waals surface area (Å²) in [5.74, 6) is 0.732. The number of aliphatic hydroxyl groups excluding tert-OH is 1. The van der Waals surface area contributed by atoms with Gasteiger partial charge in [-0.2, -0.15) is 0 Å². The van der Waals surface area contributed by atoms with Gasteiger partial charge in [0.15, 0.2) is 0 Å². The number of rotatable bonds is 8. The molecule has 5 heteroatoms. The predicted octanol–water partition coefficient (Wildman–Crippen LogP) is 2.66. The molecule has 0 spiro atoms. The van der Waals surface area contributed by atoms with Gasteiger partial charge < -0.3 is 20.5 Å². The molecule has 0 heterocycles. The molecule has 2 aromatic rings. The Balaban J connectivity index is 1.63. The maximum Gasteiger partial charge on any atom is 0.314 e. The van der Waals surface area contributed by atoms with Crippen molar-refractivity contribution in [2.45, 2.75) is 18.9 Å². The Hall–Kier alpha value is -2.53. The molecule has 0 bridgehead atoms. The molecule has 2 rings (SSSR count). The first-order valence-electron chi connectivity index (χ1n) is 8.06. The first-order valence-corrected chi connectivity index (χ1v) is 8.06. The van der Waals surface area contributed by atoms with Crippen molar-refractivity contribution in [1.29, 1.82) is 0 Å². The molecule has 0 aliphatic heterocycles. The lowest BCUT2D eigenvalue weighted by Gasteiger charge is -2.13. The largest absolute Gasteiger partial charge is 0.497 e. The summed E-state index contributed by atoms with van der Waals surface area (Å²) in [4.78, 5) is 11.7. The molecular formula is C19H24N2O3. The highest BCUT2D eigenvalue weighted by atomic mass is 16.5. The fourth-order valence-electron chi connectivity index (χ4n) is 2.33. The van der Waals surface area contributed by atoms with Gasteiger partial charge in [0.2, 0.25) is 0 Å². The number of carbonyl (C=O) groups excluding carboxylic acids is 1. The first-order chi connectivity index (χ1) is 11.7. The monoisotopic (exact) mass is 328 g/mol. The molecule has 1 unspecified atom stereocenters. The summed E-state index contributed by atoms with van der Waals surface area (Å²) < 4.78 is 5.07. The smallest absolute Gasteiger partial charge is 0.314 e. The Morgan fingerprint density at radius 2 is 1.79 bits per heavy atom. The van der Waals surface area contributed by atoms with E-state index in [2.05, 4.69) is 22.8 Å². The van der Waals surface area contributed by atoms with Crippen LogP contribution in [0.5, 0.6) is 5.75 Å². The first kappa shape index (κ1) is 17.8. The van der Waals surface area contributed by atoms with Crippen LogP contribution in [0.2, 0.25) is 0 Å². The molecule has 0 radical (unpaired) electrons. The standard InChI is InChI=1S/C19H24N2O3/c1-24-17-11-9-16(10-12-17)18(22)14-21-19(23)20-13-5-8-15-6-3-2-4-7-15/h2-4,6-7,9-12,18,22H,5,8,13-14H2,1H3,(H2,20,21,23). The molecule has 1 atom stereocenters. The van der Waals surface area contributed by atoms with E-state index in [1.54, 1.807) is 31.4 Å². The minimum Gasteiger partial charge on any atom is -0.497 e. The number of hydrogen-bond acceptors (Lipinski definition) is 3. The molecule has 24 heavy (non-hydrogen) atoms. The number of aliphatic hydroxyl groups is 1. The number of amides is 2. The highest BCUT2D eigenvalue weighted by Crippen LogP contribution is 2.16. The van der Waals surface area contributed by atoms with Crippen molar-refractivity contribution in [2.24, 2.45) is 0 Å². The van der Waals surface area contributed by atoms with Gasteiger partial charge >= 0.3 is 6.03 Å². The van der Waals surface area contributed by atoms with Crippen LogP contribution in [0.25, 0.3) is 0 Å². The fourth-order valence-corrected chi connectivity index (χ4v) is 2.33. The van der Waals surface area contributed by atoms with Gasteiger partial charge in [0.1, 0.15) is 5.75 Å². The summed E-state index contributed by atoms with van der Waals surface area (Å²) in [5.41, 5.74) is 2.00. The van der Waals surface area contributed by atoms with Crippen LogP contribution in [0.15, 0.2) is 54.6 Å². The summed E-state index contributed by atoms with van der Waals surface area (Å²) in [5, 5.41) is 15.5. The number of ether oxygens (including phenoxy) is 1. The van der Waals surface area contributed by atoms with Crippen LogP contribution in [0, 0.1) is 0 Å². The van der Waals surface area contributed by atoms with Crippen molar-refractivity contribution in [2.75, 3.05) is 20.2 Å². The van der Waals surface area contributed by atoms with Gasteiger partial charge in [0.25, 0.3) is 0 Å². The number of benzene rings is 2. The minimum atomic E-state index is -0.744. The Labute approximate surface area is 142 Å². The Bertz CT molecular complexity index is 614. The maximum atomic E-state index is 11.7. The van der Waals surface area contributed by atoms with Crippen molar-refractivity contribution < 1.29 is 14.6 Å². The molecule has 0 aliphatic rings. The molecule has 0 saturated heterocycles. The van der Waals surface area contributed by atoms with Gasteiger partial charge in [0.05, 0.1) is 13.2 Å². The number of carbonyl (C=O) groups is 1. The molecule has 0 aliphatic carbocycles. The SMILES string of the molecule is COc1ccc(C(O)CNC(=O)NCCCc2ccccc2)cc1. The van der Waals surface area contributed by atoms with Crippen LogP contribution in [-0.2, 0) is 6.42 Å². The van der Waals surface area contributed by atoms with E-state index in [9.17, 15) is 9.90 Å². The molecule has 5 nitrogen and oxygen atoms in total. The highest BCUT2D eigenvalue weighted by Gasteiger charge is 2.09. The van der Waals surface area contributed by atoms with Crippen molar-refractivity contribution in [3.05, 3.63) is 65.7 Å². The number of hydrogen-bond donors (Lipinski definition) is 3. The van der Waals surface area contributed by atoms with E-state index in [-0.39, 0.29) is 12.6 Å². The van der Waals surface area contributed by atoms with Gasteiger partial charge in [0, 0.05) is 13.1 Å².